The summed E-state index contributed by atoms with van der Waals surface area (Å²) < 4.78 is 60.4. The molecule has 0 aliphatic rings. The van der Waals surface area contributed by atoms with Gasteiger partial charge in [0.25, 0.3) is 0 Å². The van der Waals surface area contributed by atoms with E-state index in [4.69, 9.17) is 4.74 Å². The van der Waals surface area contributed by atoms with Crippen molar-refractivity contribution in [3.63, 3.8) is 0 Å². The maximum Gasteiger partial charge on any atom is 0.422 e. The molecule has 0 radical (unpaired) electrons. The van der Waals surface area contributed by atoms with Gasteiger partial charge in [0.2, 0.25) is 5.88 Å². The Labute approximate surface area is 174 Å². The van der Waals surface area contributed by atoms with E-state index in [1.54, 1.807) is 18.2 Å². The third kappa shape index (κ3) is 7.18. The van der Waals surface area contributed by atoms with Crippen molar-refractivity contribution in [3.05, 3.63) is 78.2 Å². The van der Waals surface area contributed by atoms with E-state index in [0.717, 1.165) is 0 Å². The zero-order chi connectivity index (χ0) is 22.3. The molecule has 0 fully saturated rings. The topological polar surface area (TPSA) is 72.5 Å². The van der Waals surface area contributed by atoms with Crippen LogP contribution in [0.5, 0.6) is 17.4 Å². The van der Waals surface area contributed by atoms with Crippen molar-refractivity contribution in [3.8, 4) is 17.4 Å². The summed E-state index contributed by atoms with van der Waals surface area (Å²) in [5.74, 6) is -0.0573. The molecule has 2 N–H and O–H groups in total. The lowest BCUT2D eigenvalue weighted by Crippen LogP contribution is -2.28. The highest BCUT2D eigenvalue weighted by Crippen LogP contribution is 2.24. The SMILES string of the molecule is O=C(NCc1cccnc1Oc1cccc(F)c1)Nc1cccc(OCC(F)(F)F)c1. The van der Waals surface area contributed by atoms with Gasteiger partial charge in [-0.2, -0.15) is 13.2 Å². The summed E-state index contributed by atoms with van der Waals surface area (Å²) in [6.07, 6.45) is -2.97. The second-order valence-electron chi connectivity index (χ2n) is 6.27. The molecular weight excluding hydrogens is 418 g/mol. The minimum atomic E-state index is -4.46. The molecule has 0 atom stereocenters. The number of ether oxygens (including phenoxy) is 2. The number of rotatable bonds is 7. The number of urea groups is 1. The molecule has 1 heterocycles. The van der Waals surface area contributed by atoms with Crippen molar-refractivity contribution >= 4 is 11.7 Å². The first-order valence-electron chi connectivity index (χ1n) is 9.00. The number of carbonyl (C=O) groups is 1. The van der Waals surface area contributed by atoms with Gasteiger partial charge in [0.05, 0.1) is 0 Å². The molecule has 6 nitrogen and oxygen atoms in total. The maximum absolute atomic E-state index is 13.3. The fourth-order valence-corrected chi connectivity index (χ4v) is 2.47. The third-order valence-corrected chi connectivity index (χ3v) is 3.79. The van der Waals surface area contributed by atoms with Gasteiger partial charge in [0, 0.05) is 36.1 Å². The quantitative estimate of drug-likeness (QED) is 0.496. The van der Waals surface area contributed by atoms with Gasteiger partial charge in [-0.15, -0.1) is 0 Å². The number of benzene rings is 2. The van der Waals surface area contributed by atoms with Gasteiger partial charge >= 0.3 is 12.2 Å². The molecule has 3 aromatic rings. The minimum Gasteiger partial charge on any atom is -0.484 e. The molecule has 0 aliphatic heterocycles. The van der Waals surface area contributed by atoms with E-state index in [9.17, 15) is 22.4 Å². The second kappa shape index (κ2) is 9.79. The van der Waals surface area contributed by atoms with Crippen LogP contribution in [0.3, 0.4) is 0 Å². The monoisotopic (exact) mass is 435 g/mol. The molecule has 0 saturated carbocycles. The molecule has 31 heavy (non-hydrogen) atoms. The van der Waals surface area contributed by atoms with Crippen LogP contribution in [-0.2, 0) is 6.54 Å². The number of nitrogens with zero attached hydrogens (tertiary/aromatic N) is 1. The summed E-state index contributed by atoms with van der Waals surface area (Å²) in [6, 6.07) is 13.8. The van der Waals surface area contributed by atoms with Crippen molar-refractivity contribution in [2.24, 2.45) is 0 Å². The van der Waals surface area contributed by atoms with Gasteiger partial charge in [-0.05, 0) is 30.3 Å². The summed E-state index contributed by atoms with van der Waals surface area (Å²) >= 11 is 0. The average molecular weight is 435 g/mol. The Hall–Kier alpha value is -3.82. The lowest BCUT2D eigenvalue weighted by molar-refractivity contribution is -0.153. The van der Waals surface area contributed by atoms with Crippen LogP contribution in [0.15, 0.2) is 66.9 Å². The van der Waals surface area contributed by atoms with Gasteiger partial charge in [0.15, 0.2) is 6.61 Å². The lowest BCUT2D eigenvalue weighted by Gasteiger charge is -2.13. The Morgan fingerprint density at radius 3 is 2.55 bits per heavy atom. The van der Waals surface area contributed by atoms with E-state index in [1.165, 1.54) is 48.7 Å². The highest BCUT2D eigenvalue weighted by molar-refractivity contribution is 5.89. The predicted octanol–water partition coefficient (Wildman–Crippen LogP) is 5.28. The van der Waals surface area contributed by atoms with Gasteiger partial charge < -0.3 is 20.1 Å². The molecule has 1 aromatic heterocycles. The van der Waals surface area contributed by atoms with E-state index < -0.39 is 24.6 Å². The lowest BCUT2D eigenvalue weighted by atomic mass is 10.2. The Bertz CT molecular complexity index is 1040. The zero-order valence-corrected chi connectivity index (χ0v) is 15.9. The number of alkyl halides is 3. The summed E-state index contributed by atoms with van der Waals surface area (Å²) in [5.41, 5.74) is 0.781. The summed E-state index contributed by atoms with van der Waals surface area (Å²) in [4.78, 5) is 16.3. The van der Waals surface area contributed by atoms with Crippen molar-refractivity contribution < 1.29 is 31.8 Å². The minimum absolute atomic E-state index is 0.0341. The molecule has 162 valence electrons. The van der Waals surface area contributed by atoms with Gasteiger partial charge in [-0.1, -0.05) is 18.2 Å². The number of carbonyl (C=O) groups excluding carboxylic acids is 1. The Balaban J connectivity index is 1.58. The van der Waals surface area contributed by atoms with E-state index in [2.05, 4.69) is 20.4 Å². The normalized spacial score (nSPS) is 11.0. The number of amides is 2. The predicted molar refractivity (Wildman–Crippen MR) is 105 cm³/mol. The summed E-state index contributed by atoms with van der Waals surface area (Å²) in [5, 5.41) is 5.10. The molecule has 0 unspecified atom stereocenters. The van der Waals surface area contributed by atoms with Gasteiger partial charge in [-0.3, -0.25) is 0 Å². The molecular formula is C21H17F4N3O3. The summed E-state index contributed by atoms with van der Waals surface area (Å²) in [6.45, 7) is -1.40. The van der Waals surface area contributed by atoms with Crippen LogP contribution < -0.4 is 20.1 Å². The standard InChI is InChI=1S/C21H17F4N3O3/c22-15-5-1-8-18(10-15)31-19-14(4-3-9-26-19)12-27-20(29)28-16-6-2-7-17(11-16)30-13-21(23,24)25/h1-11H,12-13H2,(H2,27,28,29). The third-order valence-electron chi connectivity index (χ3n) is 3.79. The van der Waals surface area contributed by atoms with Crippen molar-refractivity contribution in [2.75, 3.05) is 11.9 Å². The van der Waals surface area contributed by atoms with Crippen LogP contribution in [0.25, 0.3) is 0 Å². The highest BCUT2D eigenvalue weighted by atomic mass is 19.4. The summed E-state index contributed by atoms with van der Waals surface area (Å²) in [7, 11) is 0. The average Bonchev–Trinajstić information content (AvgIpc) is 2.71. The number of nitrogens with one attached hydrogen (secondary N) is 2. The van der Waals surface area contributed by atoms with Crippen LogP contribution in [-0.4, -0.2) is 23.8 Å². The van der Waals surface area contributed by atoms with Crippen molar-refractivity contribution in [1.29, 1.82) is 0 Å². The second-order valence-corrected chi connectivity index (χ2v) is 6.27. The van der Waals surface area contributed by atoms with E-state index in [-0.39, 0.29) is 29.6 Å². The maximum atomic E-state index is 13.3. The Kier molecular flexibility index (Phi) is 6.91. The van der Waals surface area contributed by atoms with Crippen molar-refractivity contribution in [1.82, 2.24) is 10.3 Å². The highest BCUT2D eigenvalue weighted by Gasteiger charge is 2.28. The van der Waals surface area contributed by atoms with Gasteiger partial charge in [-0.25, -0.2) is 14.2 Å². The number of aromatic nitrogens is 1. The van der Waals surface area contributed by atoms with Crippen LogP contribution in [0, 0.1) is 5.82 Å². The van der Waals surface area contributed by atoms with Crippen molar-refractivity contribution in [2.45, 2.75) is 12.7 Å². The number of pyridine rings is 1. The molecule has 0 bridgehead atoms. The Morgan fingerprint density at radius 1 is 1.00 bits per heavy atom. The fraction of sp³-hybridized carbons (Fsp3) is 0.143. The first-order chi connectivity index (χ1) is 14.8. The van der Waals surface area contributed by atoms with E-state index in [0.29, 0.717) is 5.56 Å². The first kappa shape index (κ1) is 21.9. The zero-order valence-electron chi connectivity index (χ0n) is 15.9. The smallest absolute Gasteiger partial charge is 0.422 e. The number of anilines is 1. The number of hydrogen-bond acceptors (Lipinski definition) is 4. The Morgan fingerprint density at radius 2 is 1.77 bits per heavy atom. The molecule has 3 rings (SSSR count). The van der Waals surface area contributed by atoms with Crippen LogP contribution in [0.4, 0.5) is 28.0 Å². The largest absolute Gasteiger partial charge is 0.484 e. The molecule has 2 aromatic carbocycles. The van der Waals surface area contributed by atoms with Crippen LogP contribution in [0.2, 0.25) is 0 Å². The molecule has 0 spiro atoms. The number of hydrogen-bond donors (Lipinski definition) is 2. The molecule has 10 heteroatoms. The molecule has 0 aliphatic carbocycles. The number of halogens is 4. The fourth-order valence-electron chi connectivity index (χ4n) is 2.47. The van der Waals surface area contributed by atoms with Crippen LogP contribution >= 0.6 is 0 Å². The van der Waals surface area contributed by atoms with E-state index >= 15 is 0 Å². The first-order valence-corrected chi connectivity index (χ1v) is 9.00. The molecule has 2 amide bonds. The van der Waals surface area contributed by atoms with Gasteiger partial charge in [0.1, 0.15) is 17.3 Å². The van der Waals surface area contributed by atoms with Crippen LogP contribution in [0.1, 0.15) is 5.56 Å². The van der Waals surface area contributed by atoms with E-state index in [1.807, 2.05) is 0 Å². The molecule has 0 saturated heterocycles.